The normalized spacial score (nSPS) is 14.3. The number of rotatable bonds is 4. The van der Waals surface area contributed by atoms with Gasteiger partial charge in [0.25, 0.3) is 0 Å². The lowest BCUT2D eigenvalue weighted by atomic mass is 9.98. The van der Waals surface area contributed by atoms with Crippen LogP contribution in [0.5, 0.6) is 0 Å². The van der Waals surface area contributed by atoms with E-state index in [1.165, 1.54) is 0 Å². The van der Waals surface area contributed by atoms with Crippen molar-refractivity contribution in [2.75, 3.05) is 0 Å². The summed E-state index contributed by atoms with van der Waals surface area (Å²) >= 11 is 0. The van der Waals surface area contributed by atoms with Crippen LogP contribution in [0, 0.1) is 0 Å². The number of hydrogen-bond donors (Lipinski definition) is 3. The van der Waals surface area contributed by atoms with Gasteiger partial charge in [-0.15, -0.1) is 0 Å². The molecular weight excluding hydrogens is 178 g/mol. The molecule has 0 rings (SSSR count). The summed E-state index contributed by atoms with van der Waals surface area (Å²) in [5.41, 5.74) is -1.74. The van der Waals surface area contributed by atoms with Crippen LogP contribution in [-0.2, 0) is 14.4 Å². The smallest absolute Gasteiger partial charge is 0.329 e. The summed E-state index contributed by atoms with van der Waals surface area (Å²) in [4.78, 5) is 31.5. The van der Waals surface area contributed by atoms with Crippen molar-refractivity contribution < 1.29 is 24.6 Å². The van der Waals surface area contributed by atoms with Crippen molar-refractivity contribution in [2.24, 2.45) is 0 Å². The van der Waals surface area contributed by atoms with Gasteiger partial charge < -0.3 is 15.5 Å². The van der Waals surface area contributed by atoms with Gasteiger partial charge in [-0.3, -0.25) is 9.59 Å². The number of nitrogens with one attached hydrogen (secondary N) is 1. The van der Waals surface area contributed by atoms with Crippen molar-refractivity contribution in [3.63, 3.8) is 0 Å². The molecule has 0 spiro atoms. The van der Waals surface area contributed by atoms with Gasteiger partial charge in [-0.25, -0.2) is 4.79 Å². The summed E-state index contributed by atoms with van der Waals surface area (Å²) in [5, 5.41) is 19.1. The molecular formula is C7H11NO5. The van der Waals surface area contributed by atoms with Crippen LogP contribution in [-0.4, -0.2) is 33.6 Å². The van der Waals surface area contributed by atoms with Crippen LogP contribution in [0.1, 0.15) is 20.3 Å². The topological polar surface area (TPSA) is 104 Å². The molecule has 0 aliphatic rings. The van der Waals surface area contributed by atoms with Gasteiger partial charge in [-0.2, -0.15) is 0 Å². The van der Waals surface area contributed by atoms with Gasteiger partial charge in [0.15, 0.2) is 0 Å². The Labute approximate surface area is 74.6 Å². The van der Waals surface area contributed by atoms with Crippen LogP contribution in [0.3, 0.4) is 0 Å². The van der Waals surface area contributed by atoms with E-state index in [-0.39, 0.29) is 0 Å². The molecule has 0 aromatic heterocycles. The summed E-state index contributed by atoms with van der Waals surface area (Å²) in [6, 6.07) is 0. The number of carbonyl (C=O) groups is 3. The Balaban J connectivity index is 4.62. The molecule has 0 fully saturated rings. The minimum absolute atomic E-state index is 0.578. The highest BCUT2D eigenvalue weighted by Crippen LogP contribution is 2.09. The number of hydrogen-bond acceptors (Lipinski definition) is 3. The molecule has 0 saturated heterocycles. The van der Waals surface area contributed by atoms with Crippen LogP contribution < -0.4 is 5.32 Å². The molecule has 0 aromatic carbocycles. The lowest BCUT2D eigenvalue weighted by molar-refractivity contribution is -0.152. The van der Waals surface area contributed by atoms with Crippen molar-refractivity contribution >= 4 is 17.8 Å². The average molecular weight is 189 g/mol. The second-order valence-electron chi connectivity index (χ2n) is 2.89. The molecule has 0 heterocycles. The highest BCUT2D eigenvalue weighted by molar-refractivity contribution is 5.89. The minimum atomic E-state index is -1.74. The third-order valence-corrected chi connectivity index (χ3v) is 1.43. The van der Waals surface area contributed by atoms with E-state index in [2.05, 4.69) is 5.32 Å². The Hall–Kier alpha value is -1.59. The zero-order valence-corrected chi connectivity index (χ0v) is 7.33. The maximum Gasteiger partial charge on any atom is 0.329 e. The fourth-order valence-corrected chi connectivity index (χ4v) is 0.864. The van der Waals surface area contributed by atoms with Crippen molar-refractivity contribution in [2.45, 2.75) is 25.8 Å². The number of carbonyl (C=O) groups excluding carboxylic acids is 1. The molecule has 0 aliphatic heterocycles. The number of amides is 1. The summed E-state index contributed by atoms with van der Waals surface area (Å²) < 4.78 is 0. The van der Waals surface area contributed by atoms with E-state index >= 15 is 0 Å². The summed E-state index contributed by atoms with van der Waals surface area (Å²) in [5.74, 6) is -3.23. The second-order valence-corrected chi connectivity index (χ2v) is 2.89. The first-order valence-corrected chi connectivity index (χ1v) is 3.52. The van der Waals surface area contributed by atoms with Crippen LogP contribution >= 0.6 is 0 Å². The van der Waals surface area contributed by atoms with Gasteiger partial charge in [0.05, 0.1) is 6.42 Å². The van der Waals surface area contributed by atoms with E-state index in [0.717, 1.165) is 13.8 Å². The largest absolute Gasteiger partial charge is 0.481 e. The summed E-state index contributed by atoms with van der Waals surface area (Å²) in [6.07, 6.45) is -0.651. The third-order valence-electron chi connectivity index (χ3n) is 1.43. The minimum Gasteiger partial charge on any atom is -0.481 e. The van der Waals surface area contributed by atoms with Crippen molar-refractivity contribution in [1.82, 2.24) is 5.32 Å². The van der Waals surface area contributed by atoms with E-state index in [1.54, 1.807) is 0 Å². The molecule has 0 bridgehead atoms. The van der Waals surface area contributed by atoms with Crippen LogP contribution in [0.2, 0.25) is 0 Å². The van der Waals surface area contributed by atoms with Crippen LogP contribution in [0.25, 0.3) is 0 Å². The third kappa shape index (κ3) is 3.55. The predicted octanol–water partition coefficient (Wildman–Crippen LogP) is -0.559. The molecule has 0 aromatic rings. The number of carboxylic acids is 2. The zero-order valence-electron chi connectivity index (χ0n) is 7.33. The zero-order chi connectivity index (χ0) is 10.6. The first kappa shape index (κ1) is 11.4. The van der Waals surface area contributed by atoms with Gasteiger partial charge in [-0.05, 0) is 6.92 Å². The number of aliphatic carboxylic acids is 2. The number of carboxylic acid groups (broad SMARTS) is 2. The lowest BCUT2D eigenvalue weighted by Crippen LogP contribution is -2.52. The van der Waals surface area contributed by atoms with Crippen LogP contribution in [0.4, 0.5) is 0 Å². The summed E-state index contributed by atoms with van der Waals surface area (Å²) in [7, 11) is 0. The second kappa shape index (κ2) is 3.88. The van der Waals surface area contributed by atoms with Gasteiger partial charge in [0.1, 0.15) is 5.54 Å². The van der Waals surface area contributed by atoms with Crippen LogP contribution in [0.15, 0.2) is 0 Å². The average Bonchev–Trinajstić information content (AvgIpc) is 1.82. The molecule has 0 radical (unpaired) electrons. The molecule has 0 aliphatic carbocycles. The lowest BCUT2D eigenvalue weighted by Gasteiger charge is -2.23. The van der Waals surface area contributed by atoms with Crippen molar-refractivity contribution in [3.05, 3.63) is 0 Å². The van der Waals surface area contributed by atoms with E-state index in [0.29, 0.717) is 0 Å². The molecule has 13 heavy (non-hydrogen) atoms. The van der Waals surface area contributed by atoms with E-state index in [1.807, 2.05) is 0 Å². The standard InChI is InChI=1S/C7H11NO5/c1-4(9)8-7(2,6(12)13)3-5(10)11/h3H2,1-2H3,(H,8,9)(H,10,11)(H,12,13). The highest BCUT2D eigenvalue weighted by Gasteiger charge is 2.36. The molecule has 74 valence electrons. The SMILES string of the molecule is CC(=O)NC(C)(CC(=O)O)C(=O)O. The summed E-state index contributed by atoms with van der Waals surface area (Å²) in [6.45, 7) is 2.27. The molecule has 1 atom stereocenters. The van der Waals surface area contributed by atoms with Crippen molar-refractivity contribution in [3.8, 4) is 0 Å². The van der Waals surface area contributed by atoms with E-state index in [9.17, 15) is 14.4 Å². The first-order valence-electron chi connectivity index (χ1n) is 3.52. The molecule has 1 amide bonds. The Morgan fingerprint density at radius 1 is 1.31 bits per heavy atom. The molecule has 6 nitrogen and oxygen atoms in total. The highest BCUT2D eigenvalue weighted by atomic mass is 16.4. The molecule has 1 unspecified atom stereocenters. The maximum atomic E-state index is 10.6. The van der Waals surface area contributed by atoms with E-state index in [4.69, 9.17) is 10.2 Å². The van der Waals surface area contributed by atoms with Crippen molar-refractivity contribution in [1.29, 1.82) is 0 Å². The van der Waals surface area contributed by atoms with Gasteiger partial charge in [-0.1, -0.05) is 0 Å². The molecule has 0 saturated carbocycles. The Morgan fingerprint density at radius 3 is 2.00 bits per heavy atom. The molecule has 6 heteroatoms. The Morgan fingerprint density at radius 2 is 1.77 bits per heavy atom. The molecule has 3 N–H and O–H groups in total. The first-order chi connectivity index (χ1) is 5.78. The van der Waals surface area contributed by atoms with Gasteiger partial charge in [0, 0.05) is 6.92 Å². The Kier molecular flexibility index (Phi) is 3.41. The Bertz CT molecular complexity index is 231. The van der Waals surface area contributed by atoms with Gasteiger partial charge >= 0.3 is 11.9 Å². The quantitative estimate of drug-likeness (QED) is 0.550. The fourth-order valence-electron chi connectivity index (χ4n) is 0.864. The maximum absolute atomic E-state index is 10.6. The predicted molar refractivity (Wildman–Crippen MR) is 42.1 cm³/mol. The fraction of sp³-hybridized carbons (Fsp3) is 0.571. The van der Waals surface area contributed by atoms with Gasteiger partial charge in [0.2, 0.25) is 5.91 Å². The monoisotopic (exact) mass is 189 g/mol. The van der Waals surface area contributed by atoms with E-state index < -0.39 is 29.8 Å².